The third kappa shape index (κ3) is 6.62. The maximum atomic E-state index is 12.7. The van der Waals surface area contributed by atoms with Gasteiger partial charge in [-0.25, -0.2) is 0 Å². The van der Waals surface area contributed by atoms with Crippen molar-refractivity contribution in [1.29, 1.82) is 0 Å². The quantitative estimate of drug-likeness (QED) is 0.528. The molecule has 9 nitrogen and oxygen atoms in total. The zero-order chi connectivity index (χ0) is 25.6. The van der Waals surface area contributed by atoms with Crippen LogP contribution in [0.3, 0.4) is 0 Å². The molecule has 192 valence electrons. The number of nitrogens with one attached hydrogen (secondary N) is 2. The molecule has 4 heterocycles. The van der Waals surface area contributed by atoms with Gasteiger partial charge in [0.15, 0.2) is 5.82 Å². The largest absolute Gasteiger partial charge is 0.457 e. The van der Waals surface area contributed by atoms with Crippen molar-refractivity contribution in [3.63, 3.8) is 0 Å². The van der Waals surface area contributed by atoms with Crippen LogP contribution >= 0.6 is 0 Å². The summed E-state index contributed by atoms with van der Waals surface area (Å²) in [6.45, 7) is 3.68. The van der Waals surface area contributed by atoms with E-state index < -0.39 is 0 Å². The van der Waals surface area contributed by atoms with Gasteiger partial charge in [0.25, 0.3) is 0 Å². The van der Waals surface area contributed by atoms with Crippen molar-refractivity contribution in [1.82, 2.24) is 20.8 Å². The highest BCUT2D eigenvalue weighted by Gasteiger charge is 2.35. The number of carbonyl (C=O) groups excluding carboxylic acids is 2. The lowest BCUT2D eigenvalue weighted by Gasteiger charge is -2.20. The van der Waals surface area contributed by atoms with E-state index in [1.165, 1.54) is 0 Å². The Bertz CT molecular complexity index is 1230. The summed E-state index contributed by atoms with van der Waals surface area (Å²) >= 11 is 0. The molecule has 2 amide bonds. The highest BCUT2D eigenvalue weighted by Crippen LogP contribution is 2.25. The molecule has 9 heteroatoms. The van der Waals surface area contributed by atoms with Crippen LogP contribution < -0.4 is 20.3 Å². The number of aromatic nitrogens is 2. The minimum atomic E-state index is -0.246. The summed E-state index contributed by atoms with van der Waals surface area (Å²) in [5, 5.41) is 14.4. The van der Waals surface area contributed by atoms with E-state index in [0.29, 0.717) is 32.5 Å². The van der Waals surface area contributed by atoms with Crippen LogP contribution in [0, 0.1) is 6.92 Å². The van der Waals surface area contributed by atoms with Gasteiger partial charge in [-0.05, 0) is 60.9 Å². The molecule has 0 unspecified atom stereocenters. The van der Waals surface area contributed by atoms with Crippen molar-refractivity contribution < 1.29 is 19.1 Å². The summed E-state index contributed by atoms with van der Waals surface area (Å²) in [4.78, 5) is 27.1. The van der Waals surface area contributed by atoms with Crippen LogP contribution in [-0.4, -0.2) is 53.8 Å². The van der Waals surface area contributed by atoms with E-state index in [0.717, 1.165) is 34.1 Å². The highest BCUT2D eigenvalue weighted by molar-refractivity contribution is 5.79. The molecule has 3 aliphatic rings. The van der Waals surface area contributed by atoms with Gasteiger partial charge in [-0.1, -0.05) is 24.3 Å². The fourth-order valence-corrected chi connectivity index (χ4v) is 4.53. The van der Waals surface area contributed by atoms with Crippen LogP contribution in [-0.2, 0) is 27.4 Å². The molecule has 0 saturated carbocycles. The summed E-state index contributed by atoms with van der Waals surface area (Å²) in [5.41, 5.74) is 2.87. The first-order valence-corrected chi connectivity index (χ1v) is 12.6. The molecule has 4 bridgehead atoms. The lowest BCUT2D eigenvalue weighted by atomic mass is 10.1. The molecule has 2 aromatic carbocycles. The minimum absolute atomic E-state index is 0.0782. The summed E-state index contributed by atoms with van der Waals surface area (Å²) in [6, 6.07) is 19.2. The van der Waals surface area contributed by atoms with Crippen LogP contribution in [0.15, 0.2) is 60.7 Å². The SMILES string of the molecule is Cc1ccc(N2C[C@@H]3NC(=O)CCNC(=O)CCc4ccc(cc4)Oc4cccc(c4)CO[C@H]3C2)nn1. The van der Waals surface area contributed by atoms with Gasteiger partial charge in [0, 0.05) is 32.5 Å². The van der Waals surface area contributed by atoms with E-state index in [1.807, 2.05) is 67.6 Å². The lowest BCUT2D eigenvalue weighted by Crippen LogP contribution is -2.44. The average Bonchev–Trinajstić information content (AvgIpc) is 3.29. The predicted octanol–water partition coefficient (Wildman–Crippen LogP) is 2.92. The second-order valence-electron chi connectivity index (χ2n) is 9.45. The first-order valence-electron chi connectivity index (χ1n) is 12.6. The van der Waals surface area contributed by atoms with E-state index in [-0.39, 0.29) is 36.9 Å². The zero-order valence-corrected chi connectivity index (χ0v) is 20.9. The van der Waals surface area contributed by atoms with E-state index >= 15 is 0 Å². The van der Waals surface area contributed by atoms with Gasteiger partial charge in [0.1, 0.15) is 11.5 Å². The third-order valence-electron chi connectivity index (χ3n) is 6.56. The van der Waals surface area contributed by atoms with Crippen molar-refractivity contribution in [2.75, 3.05) is 24.5 Å². The molecule has 1 aromatic heterocycles. The smallest absolute Gasteiger partial charge is 0.222 e. The van der Waals surface area contributed by atoms with Crippen LogP contribution in [0.4, 0.5) is 5.82 Å². The Morgan fingerprint density at radius 3 is 2.54 bits per heavy atom. The molecule has 37 heavy (non-hydrogen) atoms. The van der Waals surface area contributed by atoms with Gasteiger partial charge < -0.3 is 25.0 Å². The molecule has 6 rings (SSSR count). The van der Waals surface area contributed by atoms with Gasteiger partial charge >= 0.3 is 0 Å². The molecule has 3 aliphatic heterocycles. The molecule has 0 spiro atoms. The number of rotatable bonds is 1. The maximum Gasteiger partial charge on any atom is 0.222 e. The van der Waals surface area contributed by atoms with Gasteiger partial charge in [-0.3, -0.25) is 9.59 Å². The van der Waals surface area contributed by atoms with E-state index in [1.54, 1.807) is 0 Å². The Kier molecular flexibility index (Phi) is 7.60. The minimum Gasteiger partial charge on any atom is -0.457 e. The van der Waals surface area contributed by atoms with Gasteiger partial charge in [-0.2, -0.15) is 5.10 Å². The standard InChI is InChI=1S/C28H31N5O4/c1-19-5-11-26(32-31-19)33-16-24-25(17-33)36-18-21-3-2-4-23(15-21)37-22-9-6-20(7-10-22)8-12-27(34)29-14-13-28(35)30-24/h2-7,9-11,15,24-25H,8,12-14,16-18H2,1H3,(H,29,34)(H,30,35)/t24-,25-/m0/s1. The van der Waals surface area contributed by atoms with E-state index in [9.17, 15) is 9.59 Å². The predicted molar refractivity (Wildman–Crippen MR) is 138 cm³/mol. The highest BCUT2D eigenvalue weighted by atomic mass is 16.5. The molecule has 0 aliphatic carbocycles. The molecular weight excluding hydrogens is 470 g/mol. The number of amides is 2. The fourth-order valence-electron chi connectivity index (χ4n) is 4.53. The van der Waals surface area contributed by atoms with Crippen molar-refractivity contribution >= 4 is 17.6 Å². The number of aryl methyl sites for hydroxylation is 2. The molecule has 1 fully saturated rings. The number of hydrogen-bond acceptors (Lipinski definition) is 7. The van der Waals surface area contributed by atoms with Crippen molar-refractivity contribution in [3.8, 4) is 11.5 Å². The molecule has 3 aromatic rings. The third-order valence-corrected chi connectivity index (χ3v) is 6.56. The first kappa shape index (κ1) is 24.7. The topological polar surface area (TPSA) is 106 Å². The monoisotopic (exact) mass is 501 g/mol. The fraction of sp³-hybridized carbons (Fsp3) is 0.357. The molecule has 2 N–H and O–H groups in total. The summed E-state index contributed by atoms with van der Waals surface area (Å²) < 4.78 is 12.4. The molecule has 1 saturated heterocycles. The average molecular weight is 502 g/mol. The number of nitrogens with zero attached hydrogens (tertiary/aromatic N) is 3. The molecule has 0 radical (unpaired) electrons. The second kappa shape index (κ2) is 11.4. The Balaban J connectivity index is 1.34. The number of benzene rings is 2. The molecule has 2 atom stereocenters. The van der Waals surface area contributed by atoms with Gasteiger partial charge in [-0.15, -0.1) is 5.10 Å². The van der Waals surface area contributed by atoms with E-state index in [2.05, 4.69) is 25.7 Å². The van der Waals surface area contributed by atoms with Crippen molar-refractivity contribution in [2.45, 2.75) is 44.9 Å². The summed E-state index contributed by atoms with van der Waals surface area (Å²) in [5.74, 6) is 1.99. The Morgan fingerprint density at radius 1 is 0.865 bits per heavy atom. The number of fused-ring (bicyclic) bond motifs is 10. The Morgan fingerprint density at radius 2 is 1.73 bits per heavy atom. The Labute approximate surface area is 216 Å². The van der Waals surface area contributed by atoms with E-state index in [4.69, 9.17) is 9.47 Å². The zero-order valence-electron chi connectivity index (χ0n) is 20.9. The number of hydrogen-bond donors (Lipinski definition) is 2. The lowest BCUT2D eigenvalue weighted by molar-refractivity contribution is -0.123. The van der Waals surface area contributed by atoms with Crippen LogP contribution in [0.1, 0.15) is 29.7 Å². The van der Waals surface area contributed by atoms with Crippen molar-refractivity contribution in [3.05, 3.63) is 77.5 Å². The Hall–Kier alpha value is -3.98. The van der Waals surface area contributed by atoms with Gasteiger partial charge in [0.05, 0.1) is 24.4 Å². The van der Waals surface area contributed by atoms with Gasteiger partial charge in [0.2, 0.25) is 11.8 Å². The number of anilines is 1. The summed E-state index contributed by atoms with van der Waals surface area (Å²) in [6.07, 6.45) is 0.930. The number of carbonyl (C=O) groups is 2. The van der Waals surface area contributed by atoms with Crippen LogP contribution in [0.25, 0.3) is 0 Å². The number of ether oxygens (including phenoxy) is 2. The van der Waals surface area contributed by atoms with Crippen molar-refractivity contribution in [2.24, 2.45) is 0 Å². The van der Waals surface area contributed by atoms with Crippen LogP contribution in [0.5, 0.6) is 11.5 Å². The summed E-state index contributed by atoms with van der Waals surface area (Å²) in [7, 11) is 0. The normalized spacial score (nSPS) is 20.9. The molecular formula is C28H31N5O4. The van der Waals surface area contributed by atoms with Crippen LogP contribution in [0.2, 0.25) is 0 Å². The second-order valence-corrected chi connectivity index (χ2v) is 9.45. The maximum absolute atomic E-state index is 12.7. The first-order chi connectivity index (χ1) is 18.0.